The van der Waals surface area contributed by atoms with Crippen LogP contribution in [0.2, 0.25) is 0 Å². The van der Waals surface area contributed by atoms with Crippen molar-refractivity contribution in [1.29, 1.82) is 0 Å². The summed E-state index contributed by atoms with van der Waals surface area (Å²) in [6, 6.07) is 5.70. The number of ether oxygens (including phenoxy) is 1. The molecule has 0 unspecified atom stereocenters. The number of carbonyl (C=O) groups excluding carboxylic acids is 1. The van der Waals surface area contributed by atoms with Crippen molar-refractivity contribution in [2.45, 2.75) is 52.6 Å². The van der Waals surface area contributed by atoms with Crippen molar-refractivity contribution in [3.63, 3.8) is 0 Å². The average Bonchev–Trinajstić information content (AvgIpc) is 2.28. The zero-order chi connectivity index (χ0) is 15.3. The molecule has 1 amide bonds. The zero-order valence-electron chi connectivity index (χ0n) is 13.0. The SMILES string of the molecule is CC(C)c1ccc(CCNC(=O)OC(C)(C)C)c(O)c1. The molecular weight excluding hydrogens is 254 g/mol. The fourth-order valence-electron chi connectivity index (χ4n) is 1.76. The first-order valence-corrected chi connectivity index (χ1v) is 6.97. The van der Waals surface area contributed by atoms with Crippen LogP contribution in [0.15, 0.2) is 18.2 Å². The lowest BCUT2D eigenvalue weighted by Gasteiger charge is -2.19. The van der Waals surface area contributed by atoms with Gasteiger partial charge in [0.1, 0.15) is 11.4 Å². The van der Waals surface area contributed by atoms with Gasteiger partial charge >= 0.3 is 6.09 Å². The number of benzene rings is 1. The molecule has 0 aromatic heterocycles. The topological polar surface area (TPSA) is 58.6 Å². The zero-order valence-corrected chi connectivity index (χ0v) is 13.0. The minimum atomic E-state index is -0.495. The fraction of sp³-hybridized carbons (Fsp3) is 0.562. The molecule has 1 rings (SSSR count). The van der Waals surface area contributed by atoms with Crippen molar-refractivity contribution < 1.29 is 14.6 Å². The second-order valence-electron chi connectivity index (χ2n) is 6.22. The van der Waals surface area contributed by atoms with Gasteiger partial charge in [0.2, 0.25) is 0 Å². The molecule has 0 saturated carbocycles. The predicted molar refractivity (Wildman–Crippen MR) is 80.1 cm³/mol. The van der Waals surface area contributed by atoms with Gasteiger partial charge in [-0.2, -0.15) is 0 Å². The standard InChI is InChI=1S/C16H25NO3/c1-11(2)13-7-6-12(14(18)10-13)8-9-17-15(19)20-16(3,4)5/h6-7,10-11,18H,8-9H2,1-5H3,(H,17,19). The number of hydrogen-bond donors (Lipinski definition) is 2. The van der Waals surface area contributed by atoms with Crippen molar-refractivity contribution >= 4 is 6.09 Å². The normalized spacial score (nSPS) is 11.5. The van der Waals surface area contributed by atoms with Crippen LogP contribution in [0.3, 0.4) is 0 Å². The third kappa shape index (κ3) is 5.51. The van der Waals surface area contributed by atoms with Gasteiger partial charge in [-0.15, -0.1) is 0 Å². The van der Waals surface area contributed by atoms with Crippen LogP contribution < -0.4 is 5.32 Å². The first-order chi connectivity index (χ1) is 9.19. The maximum atomic E-state index is 11.5. The Hall–Kier alpha value is -1.71. The quantitative estimate of drug-likeness (QED) is 0.885. The van der Waals surface area contributed by atoms with Gasteiger partial charge in [0.05, 0.1) is 0 Å². The number of hydrogen-bond acceptors (Lipinski definition) is 3. The summed E-state index contributed by atoms with van der Waals surface area (Å²) in [7, 11) is 0. The van der Waals surface area contributed by atoms with Crippen LogP contribution in [-0.4, -0.2) is 23.3 Å². The third-order valence-corrected chi connectivity index (χ3v) is 2.84. The Morgan fingerprint density at radius 1 is 1.35 bits per heavy atom. The van der Waals surface area contributed by atoms with Gasteiger partial charge in [-0.3, -0.25) is 0 Å². The summed E-state index contributed by atoms with van der Waals surface area (Å²) in [5.74, 6) is 0.664. The molecule has 0 saturated heterocycles. The Labute approximate surface area is 121 Å². The molecule has 0 atom stereocenters. The largest absolute Gasteiger partial charge is 0.508 e. The van der Waals surface area contributed by atoms with Crippen LogP contribution in [0.25, 0.3) is 0 Å². The lowest BCUT2D eigenvalue weighted by Crippen LogP contribution is -2.33. The molecular formula is C16H25NO3. The van der Waals surface area contributed by atoms with E-state index in [4.69, 9.17) is 4.74 Å². The summed E-state index contributed by atoms with van der Waals surface area (Å²) in [4.78, 5) is 11.5. The molecule has 2 N–H and O–H groups in total. The summed E-state index contributed by atoms with van der Waals surface area (Å²) in [6.45, 7) is 10.1. The van der Waals surface area contributed by atoms with E-state index >= 15 is 0 Å². The van der Waals surface area contributed by atoms with Gasteiger partial charge < -0.3 is 15.2 Å². The second-order valence-corrected chi connectivity index (χ2v) is 6.22. The van der Waals surface area contributed by atoms with E-state index in [9.17, 15) is 9.90 Å². The molecule has 0 bridgehead atoms. The Bertz CT molecular complexity index is 461. The first kappa shape index (κ1) is 16.3. The molecule has 1 aromatic carbocycles. The Morgan fingerprint density at radius 2 is 2.00 bits per heavy atom. The van der Waals surface area contributed by atoms with Crippen LogP contribution in [0.1, 0.15) is 51.7 Å². The molecule has 0 radical (unpaired) electrons. The highest BCUT2D eigenvalue weighted by Crippen LogP contribution is 2.23. The molecule has 4 heteroatoms. The number of phenols is 1. The van der Waals surface area contributed by atoms with Gasteiger partial charge in [-0.1, -0.05) is 26.0 Å². The van der Waals surface area contributed by atoms with Crippen LogP contribution in [-0.2, 0) is 11.2 Å². The van der Waals surface area contributed by atoms with Crippen molar-refractivity contribution in [3.05, 3.63) is 29.3 Å². The molecule has 0 aliphatic carbocycles. The predicted octanol–water partition coefficient (Wildman–Crippen LogP) is 3.58. The van der Waals surface area contributed by atoms with Crippen molar-refractivity contribution in [2.75, 3.05) is 6.54 Å². The Morgan fingerprint density at radius 3 is 2.50 bits per heavy atom. The molecule has 0 aliphatic rings. The number of alkyl carbamates (subject to hydrolysis) is 1. The van der Waals surface area contributed by atoms with Gasteiger partial charge in [0, 0.05) is 6.54 Å². The van der Waals surface area contributed by atoms with Crippen LogP contribution in [0.5, 0.6) is 5.75 Å². The summed E-state index contributed by atoms with van der Waals surface area (Å²) in [5, 5.41) is 12.6. The Balaban J connectivity index is 2.48. The number of carbonyl (C=O) groups is 1. The minimum absolute atomic E-state index is 0.280. The molecule has 0 aliphatic heterocycles. The maximum absolute atomic E-state index is 11.5. The van der Waals surface area contributed by atoms with E-state index in [1.54, 1.807) is 6.07 Å². The highest BCUT2D eigenvalue weighted by molar-refractivity contribution is 5.67. The smallest absolute Gasteiger partial charge is 0.407 e. The van der Waals surface area contributed by atoms with Crippen LogP contribution in [0.4, 0.5) is 4.79 Å². The number of rotatable bonds is 4. The second kappa shape index (κ2) is 6.64. The number of aromatic hydroxyl groups is 1. The van der Waals surface area contributed by atoms with E-state index in [0.29, 0.717) is 18.9 Å². The van der Waals surface area contributed by atoms with E-state index < -0.39 is 11.7 Å². The van der Waals surface area contributed by atoms with Crippen LogP contribution >= 0.6 is 0 Å². The monoisotopic (exact) mass is 279 g/mol. The summed E-state index contributed by atoms with van der Waals surface area (Å²) < 4.78 is 5.14. The number of nitrogens with one attached hydrogen (secondary N) is 1. The molecule has 1 aromatic rings. The summed E-state index contributed by atoms with van der Waals surface area (Å²) in [6.07, 6.45) is 0.138. The lowest BCUT2D eigenvalue weighted by molar-refractivity contribution is 0.0528. The highest BCUT2D eigenvalue weighted by atomic mass is 16.6. The fourth-order valence-corrected chi connectivity index (χ4v) is 1.76. The summed E-state index contributed by atoms with van der Waals surface area (Å²) in [5.41, 5.74) is 1.43. The van der Waals surface area contributed by atoms with Gasteiger partial charge in [0.25, 0.3) is 0 Å². The molecule has 0 heterocycles. The van der Waals surface area contributed by atoms with Crippen LogP contribution in [0, 0.1) is 0 Å². The maximum Gasteiger partial charge on any atom is 0.407 e. The van der Waals surface area contributed by atoms with Gasteiger partial charge in [-0.25, -0.2) is 4.79 Å². The Kier molecular flexibility index (Phi) is 5.43. The van der Waals surface area contributed by atoms with Crippen molar-refractivity contribution in [3.8, 4) is 5.75 Å². The van der Waals surface area contributed by atoms with E-state index in [0.717, 1.165) is 11.1 Å². The number of amides is 1. The molecule has 112 valence electrons. The lowest BCUT2D eigenvalue weighted by atomic mass is 10.00. The van der Waals surface area contributed by atoms with E-state index in [1.165, 1.54) is 0 Å². The highest BCUT2D eigenvalue weighted by Gasteiger charge is 2.15. The van der Waals surface area contributed by atoms with Crippen molar-refractivity contribution in [2.24, 2.45) is 0 Å². The minimum Gasteiger partial charge on any atom is -0.508 e. The molecule has 4 nitrogen and oxygen atoms in total. The third-order valence-electron chi connectivity index (χ3n) is 2.84. The molecule has 0 spiro atoms. The average molecular weight is 279 g/mol. The van der Waals surface area contributed by atoms with Crippen molar-refractivity contribution in [1.82, 2.24) is 5.32 Å². The number of phenolic OH excluding ortho intramolecular Hbond substituents is 1. The van der Waals surface area contributed by atoms with Gasteiger partial charge in [-0.05, 0) is 50.3 Å². The molecule has 0 fully saturated rings. The van der Waals surface area contributed by atoms with E-state index in [1.807, 2.05) is 32.9 Å². The first-order valence-electron chi connectivity index (χ1n) is 6.97. The summed E-state index contributed by atoms with van der Waals surface area (Å²) >= 11 is 0. The molecule has 20 heavy (non-hydrogen) atoms. The van der Waals surface area contributed by atoms with Gasteiger partial charge in [0.15, 0.2) is 0 Å². The van der Waals surface area contributed by atoms with E-state index in [-0.39, 0.29) is 5.75 Å². The van der Waals surface area contributed by atoms with E-state index in [2.05, 4.69) is 19.2 Å².